The summed E-state index contributed by atoms with van der Waals surface area (Å²) in [6.07, 6.45) is 2.96. The van der Waals surface area contributed by atoms with E-state index in [2.05, 4.69) is 52.0 Å². The van der Waals surface area contributed by atoms with E-state index in [9.17, 15) is 4.79 Å². The van der Waals surface area contributed by atoms with Crippen molar-refractivity contribution in [2.45, 2.75) is 58.3 Å². The number of hydrogen-bond acceptors (Lipinski definition) is 1. The average molecular weight is 274 g/mol. The van der Waals surface area contributed by atoms with Gasteiger partial charge in [0.25, 0.3) is 0 Å². The van der Waals surface area contributed by atoms with Gasteiger partial charge in [0.2, 0.25) is 0 Å². The molecule has 1 aromatic carbocycles. The second kappa shape index (κ2) is 5.59. The van der Waals surface area contributed by atoms with Gasteiger partial charge in [-0.2, -0.15) is 0 Å². The van der Waals surface area contributed by atoms with Crippen molar-refractivity contribution in [2.75, 3.05) is 0 Å². The Morgan fingerprint density at radius 3 is 2.30 bits per heavy atom. The Balaban J connectivity index is 2.03. The first-order valence-electron chi connectivity index (χ1n) is 7.66. The number of rotatable bonds is 5. The molecule has 0 aliphatic heterocycles. The van der Waals surface area contributed by atoms with Crippen LogP contribution < -0.4 is 0 Å². The summed E-state index contributed by atoms with van der Waals surface area (Å²) in [7, 11) is 0. The predicted octanol–water partition coefficient (Wildman–Crippen LogP) is 4.59. The van der Waals surface area contributed by atoms with Crippen LogP contribution in [0.25, 0.3) is 0 Å². The third-order valence-corrected chi connectivity index (χ3v) is 4.57. The van der Waals surface area contributed by atoms with E-state index in [1.165, 1.54) is 11.1 Å². The summed E-state index contributed by atoms with van der Waals surface area (Å²) in [5.74, 6) is 0.184. The zero-order valence-corrected chi connectivity index (χ0v) is 13.0. The fourth-order valence-electron chi connectivity index (χ4n) is 2.97. The first-order valence-corrected chi connectivity index (χ1v) is 7.66. The zero-order chi connectivity index (χ0) is 14.9. The minimum absolute atomic E-state index is 0.0853. The van der Waals surface area contributed by atoms with Gasteiger partial charge in [-0.15, -0.1) is 0 Å². The minimum atomic E-state index is -0.618. The second-order valence-corrected chi connectivity index (χ2v) is 7.15. The van der Waals surface area contributed by atoms with Crippen LogP contribution in [0.3, 0.4) is 0 Å². The molecule has 2 rings (SSSR count). The molecule has 1 aliphatic carbocycles. The predicted molar refractivity (Wildman–Crippen MR) is 82.0 cm³/mol. The van der Waals surface area contributed by atoms with E-state index < -0.39 is 5.97 Å². The molecule has 0 radical (unpaired) electrons. The van der Waals surface area contributed by atoms with E-state index in [1.807, 2.05) is 0 Å². The molecular formula is C18H26O2. The van der Waals surface area contributed by atoms with Crippen LogP contribution in [0.5, 0.6) is 0 Å². The molecule has 2 nitrogen and oxygen atoms in total. The summed E-state index contributed by atoms with van der Waals surface area (Å²) in [6.45, 7) is 8.86. The highest BCUT2D eigenvalue weighted by molar-refractivity contribution is 5.73. The third-order valence-electron chi connectivity index (χ3n) is 4.57. The van der Waals surface area contributed by atoms with Gasteiger partial charge in [0.1, 0.15) is 0 Å². The van der Waals surface area contributed by atoms with E-state index in [0.29, 0.717) is 11.8 Å². The van der Waals surface area contributed by atoms with Crippen molar-refractivity contribution < 1.29 is 9.90 Å². The lowest BCUT2D eigenvalue weighted by Crippen LogP contribution is -2.11. The van der Waals surface area contributed by atoms with Gasteiger partial charge in [0.15, 0.2) is 0 Å². The molecule has 20 heavy (non-hydrogen) atoms. The Kier molecular flexibility index (Phi) is 4.22. The van der Waals surface area contributed by atoms with Crippen LogP contribution in [0.15, 0.2) is 24.3 Å². The quantitative estimate of drug-likeness (QED) is 0.852. The Morgan fingerprint density at radius 2 is 1.90 bits per heavy atom. The van der Waals surface area contributed by atoms with E-state index in [4.69, 9.17) is 5.11 Å². The molecule has 110 valence electrons. The van der Waals surface area contributed by atoms with Crippen molar-refractivity contribution in [3.63, 3.8) is 0 Å². The highest BCUT2D eigenvalue weighted by atomic mass is 16.4. The third kappa shape index (κ3) is 3.41. The van der Waals surface area contributed by atoms with Crippen LogP contribution >= 0.6 is 0 Å². The van der Waals surface area contributed by atoms with Crippen LogP contribution in [0.4, 0.5) is 0 Å². The summed E-state index contributed by atoms with van der Waals surface area (Å²) in [6, 6.07) is 8.90. The van der Waals surface area contributed by atoms with Gasteiger partial charge in [-0.3, -0.25) is 4.79 Å². The molecule has 1 N–H and O–H groups in total. The topological polar surface area (TPSA) is 37.3 Å². The standard InChI is InChI=1S/C18H26O2/c1-5-12(10-14-11-16(14)17(19)20)13-6-8-15(9-7-13)18(2,3)4/h6-9,12,14,16H,5,10-11H2,1-4H3,(H,19,20). The zero-order valence-electron chi connectivity index (χ0n) is 13.0. The number of hydrogen-bond donors (Lipinski definition) is 1. The van der Waals surface area contributed by atoms with Gasteiger partial charge < -0.3 is 5.11 Å². The molecule has 2 heteroatoms. The summed E-state index contributed by atoms with van der Waals surface area (Å²) in [5, 5.41) is 9.01. The Morgan fingerprint density at radius 1 is 1.30 bits per heavy atom. The molecule has 1 saturated carbocycles. The maximum atomic E-state index is 10.9. The normalized spacial score (nSPS) is 23.4. The highest BCUT2D eigenvalue weighted by Crippen LogP contribution is 2.46. The number of carbonyl (C=O) groups is 1. The van der Waals surface area contributed by atoms with Crippen molar-refractivity contribution in [1.29, 1.82) is 0 Å². The largest absolute Gasteiger partial charge is 0.481 e. The van der Waals surface area contributed by atoms with Gasteiger partial charge in [-0.05, 0) is 47.6 Å². The lowest BCUT2D eigenvalue weighted by Gasteiger charge is -2.21. The van der Waals surface area contributed by atoms with Crippen molar-refractivity contribution in [2.24, 2.45) is 11.8 Å². The van der Waals surface area contributed by atoms with Gasteiger partial charge in [0, 0.05) is 0 Å². The molecule has 3 atom stereocenters. The maximum Gasteiger partial charge on any atom is 0.306 e. The van der Waals surface area contributed by atoms with Crippen LogP contribution in [-0.2, 0) is 10.2 Å². The molecule has 0 heterocycles. The molecule has 1 aromatic rings. The lowest BCUT2D eigenvalue weighted by atomic mass is 9.84. The molecular weight excluding hydrogens is 248 g/mol. The first kappa shape index (κ1) is 15.1. The molecule has 1 aliphatic rings. The minimum Gasteiger partial charge on any atom is -0.481 e. The Labute approximate surface area is 122 Å². The van der Waals surface area contributed by atoms with Crippen molar-refractivity contribution in [3.8, 4) is 0 Å². The average Bonchev–Trinajstić information content (AvgIpc) is 3.14. The van der Waals surface area contributed by atoms with Crippen LogP contribution in [0, 0.1) is 11.8 Å². The maximum absolute atomic E-state index is 10.9. The van der Waals surface area contributed by atoms with Gasteiger partial charge >= 0.3 is 5.97 Å². The first-order chi connectivity index (χ1) is 9.32. The fourth-order valence-corrected chi connectivity index (χ4v) is 2.97. The van der Waals surface area contributed by atoms with Crippen LogP contribution in [0.1, 0.15) is 64.0 Å². The number of aliphatic carboxylic acids is 1. The lowest BCUT2D eigenvalue weighted by molar-refractivity contribution is -0.138. The number of carboxylic acids is 1. The molecule has 0 spiro atoms. The monoisotopic (exact) mass is 274 g/mol. The molecule has 1 fully saturated rings. The summed E-state index contributed by atoms with van der Waals surface area (Å²) >= 11 is 0. The van der Waals surface area contributed by atoms with Crippen molar-refractivity contribution >= 4 is 5.97 Å². The van der Waals surface area contributed by atoms with Crippen LogP contribution in [0.2, 0.25) is 0 Å². The molecule has 0 saturated heterocycles. The molecule has 0 bridgehead atoms. The molecule has 0 aromatic heterocycles. The van der Waals surface area contributed by atoms with Gasteiger partial charge in [0.05, 0.1) is 5.92 Å². The summed E-state index contributed by atoms with van der Waals surface area (Å²) in [5.41, 5.74) is 2.90. The summed E-state index contributed by atoms with van der Waals surface area (Å²) < 4.78 is 0. The van der Waals surface area contributed by atoms with E-state index >= 15 is 0 Å². The van der Waals surface area contributed by atoms with Gasteiger partial charge in [-0.1, -0.05) is 52.0 Å². The summed E-state index contributed by atoms with van der Waals surface area (Å²) in [4.78, 5) is 10.9. The van der Waals surface area contributed by atoms with Gasteiger partial charge in [-0.25, -0.2) is 0 Å². The van der Waals surface area contributed by atoms with E-state index in [1.54, 1.807) is 0 Å². The second-order valence-electron chi connectivity index (χ2n) is 7.15. The SMILES string of the molecule is CCC(CC1CC1C(=O)O)c1ccc(C(C)(C)C)cc1. The molecule has 3 unspecified atom stereocenters. The highest BCUT2D eigenvalue weighted by Gasteiger charge is 2.43. The fraction of sp³-hybridized carbons (Fsp3) is 0.611. The van der Waals surface area contributed by atoms with Crippen LogP contribution in [-0.4, -0.2) is 11.1 Å². The Bertz CT molecular complexity index is 467. The van der Waals surface area contributed by atoms with Crippen molar-refractivity contribution in [1.82, 2.24) is 0 Å². The molecule has 0 amide bonds. The number of carboxylic acid groups (broad SMARTS) is 1. The van der Waals surface area contributed by atoms with E-state index in [-0.39, 0.29) is 11.3 Å². The van der Waals surface area contributed by atoms with E-state index in [0.717, 1.165) is 19.3 Å². The smallest absolute Gasteiger partial charge is 0.306 e. The number of benzene rings is 1. The van der Waals surface area contributed by atoms with Crippen molar-refractivity contribution in [3.05, 3.63) is 35.4 Å². The Hall–Kier alpha value is -1.31.